The molecule has 0 saturated carbocycles. The summed E-state index contributed by atoms with van der Waals surface area (Å²) in [5.74, 6) is 0.216. The van der Waals surface area contributed by atoms with E-state index in [1.165, 1.54) is 0 Å². The van der Waals surface area contributed by atoms with Crippen LogP contribution in [0.25, 0.3) is 5.65 Å². The second kappa shape index (κ2) is 10.1. The molecule has 2 aromatic carbocycles. The predicted octanol–water partition coefficient (Wildman–Crippen LogP) is 5.67. The van der Waals surface area contributed by atoms with Crippen molar-refractivity contribution in [1.29, 1.82) is 0 Å². The van der Waals surface area contributed by atoms with E-state index in [1.54, 1.807) is 42.1 Å². The van der Waals surface area contributed by atoms with Crippen LogP contribution in [0.2, 0.25) is 5.02 Å². The van der Waals surface area contributed by atoms with Gasteiger partial charge in [-0.25, -0.2) is 4.98 Å². The molecule has 4 aromatic rings. The lowest BCUT2D eigenvalue weighted by atomic mass is 10.1. The zero-order valence-electron chi connectivity index (χ0n) is 18.2. The van der Waals surface area contributed by atoms with E-state index in [0.29, 0.717) is 21.8 Å². The Hall–Kier alpha value is -3.29. The second-order valence-electron chi connectivity index (χ2n) is 7.79. The number of nitrogens with one attached hydrogen (secondary N) is 2. The predicted molar refractivity (Wildman–Crippen MR) is 133 cm³/mol. The third-order valence-corrected chi connectivity index (χ3v) is 6.19. The van der Waals surface area contributed by atoms with Crippen molar-refractivity contribution in [3.05, 3.63) is 94.9 Å². The Morgan fingerprint density at radius 3 is 2.52 bits per heavy atom. The summed E-state index contributed by atoms with van der Waals surface area (Å²) >= 11 is 7.89. The molecule has 2 amide bonds. The maximum Gasteiger partial charge on any atom is 0.255 e. The molecule has 8 heteroatoms. The quantitative estimate of drug-likeness (QED) is 0.335. The van der Waals surface area contributed by atoms with Crippen LogP contribution in [-0.2, 0) is 5.75 Å². The van der Waals surface area contributed by atoms with Gasteiger partial charge in [0.25, 0.3) is 11.8 Å². The van der Waals surface area contributed by atoms with E-state index in [9.17, 15) is 9.59 Å². The van der Waals surface area contributed by atoms with Crippen molar-refractivity contribution in [1.82, 2.24) is 14.7 Å². The minimum absolute atomic E-state index is 0.00955. The number of halogens is 1. The number of nitrogens with zero attached hydrogens (tertiary/aromatic N) is 2. The highest BCUT2D eigenvalue weighted by atomic mass is 35.5. The Balaban J connectivity index is 1.39. The zero-order chi connectivity index (χ0) is 23.4. The molecule has 0 aliphatic rings. The second-order valence-corrected chi connectivity index (χ2v) is 9.24. The number of carbonyl (C=O) groups excluding carboxylic acids is 2. The number of carbonyl (C=O) groups is 2. The van der Waals surface area contributed by atoms with Gasteiger partial charge >= 0.3 is 0 Å². The standard InChI is InChI=1S/C25H23ClN4O2S/c1-16(2)27-25(32)18-8-11-21(26)22(13-18)29-24(31)17-6-9-20(10-7-17)33-15-19-14-30-12-4-3-5-23(30)28-19/h3-14,16H,15H2,1-2H3,(H,27,32)(H,29,31). The van der Waals surface area contributed by atoms with Crippen LogP contribution in [-0.4, -0.2) is 27.2 Å². The van der Waals surface area contributed by atoms with E-state index < -0.39 is 0 Å². The highest BCUT2D eigenvalue weighted by molar-refractivity contribution is 7.98. The molecule has 0 bridgehead atoms. The van der Waals surface area contributed by atoms with Crippen LogP contribution in [0.1, 0.15) is 40.3 Å². The van der Waals surface area contributed by atoms with Crippen LogP contribution in [0.4, 0.5) is 5.69 Å². The first-order valence-corrected chi connectivity index (χ1v) is 11.8. The third-order valence-electron chi connectivity index (χ3n) is 4.81. The highest BCUT2D eigenvalue weighted by Gasteiger charge is 2.13. The summed E-state index contributed by atoms with van der Waals surface area (Å²) in [6.07, 6.45) is 3.99. The molecular formula is C25H23ClN4O2S. The van der Waals surface area contributed by atoms with E-state index in [1.807, 2.05) is 61.0 Å². The largest absolute Gasteiger partial charge is 0.350 e. The highest BCUT2D eigenvalue weighted by Crippen LogP contribution is 2.26. The molecule has 2 N–H and O–H groups in total. The van der Waals surface area contributed by atoms with Crippen molar-refractivity contribution >= 4 is 46.5 Å². The number of rotatable bonds is 7. The van der Waals surface area contributed by atoms with Gasteiger partial charge in [-0.15, -0.1) is 11.8 Å². The Morgan fingerprint density at radius 1 is 1.03 bits per heavy atom. The van der Waals surface area contributed by atoms with Gasteiger partial charge in [0, 0.05) is 40.2 Å². The minimum atomic E-state index is -0.296. The van der Waals surface area contributed by atoms with Crippen LogP contribution in [0.15, 0.2) is 78.0 Å². The van der Waals surface area contributed by atoms with Crippen molar-refractivity contribution in [2.45, 2.75) is 30.5 Å². The van der Waals surface area contributed by atoms with Crippen molar-refractivity contribution in [2.24, 2.45) is 0 Å². The molecule has 168 valence electrons. The van der Waals surface area contributed by atoms with E-state index in [2.05, 4.69) is 15.6 Å². The molecule has 0 radical (unpaired) electrons. The summed E-state index contributed by atoms with van der Waals surface area (Å²) in [7, 11) is 0. The topological polar surface area (TPSA) is 75.5 Å². The smallest absolute Gasteiger partial charge is 0.255 e. The Morgan fingerprint density at radius 2 is 1.79 bits per heavy atom. The molecule has 33 heavy (non-hydrogen) atoms. The number of anilines is 1. The van der Waals surface area contributed by atoms with E-state index in [0.717, 1.165) is 22.0 Å². The molecule has 4 rings (SSSR count). The van der Waals surface area contributed by atoms with Gasteiger partial charge < -0.3 is 15.0 Å². The summed E-state index contributed by atoms with van der Waals surface area (Å²) in [4.78, 5) is 30.6. The van der Waals surface area contributed by atoms with Crippen LogP contribution < -0.4 is 10.6 Å². The van der Waals surface area contributed by atoms with Gasteiger partial charge in [0.15, 0.2) is 0 Å². The molecule has 2 heterocycles. The normalized spacial score (nSPS) is 11.0. The number of fused-ring (bicyclic) bond motifs is 1. The van der Waals surface area contributed by atoms with Crippen LogP contribution in [0.5, 0.6) is 0 Å². The molecule has 0 aliphatic carbocycles. The molecule has 0 spiro atoms. The fourth-order valence-electron chi connectivity index (χ4n) is 3.22. The Labute approximate surface area is 201 Å². The van der Waals surface area contributed by atoms with E-state index in [-0.39, 0.29) is 17.9 Å². The number of aromatic nitrogens is 2. The van der Waals surface area contributed by atoms with Gasteiger partial charge in [0.2, 0.25) is 0 Å². The lowest BCUT2D eigenvalue weighted by Crippen LogP contribution is -2.30. The lowest BCUT2D eigenvalue weighted by molar-refractivity contribution is 0.0942. The van der Waals surface area contributed by atoms with Gasteiger partial charge in [-0.2, -0.15) is 0 Å². The Bertz CT molecular complexity index is 1270. The maximum absolute atomic E-state index is 12.7. The van der Waals surface area contributed by atoms with Gasteiger partial charge in [0.1, 0.15) is 5.65 Å². The molecular weight excluding hydrogens is 456 g/mol. The SMILES string of the molecule is CC(C)NC(=O)c1ccc(Cl)c(NC(=O)c2ccc(SCc3cn4ccccc4n3)cc2)c1. The molecule has 6 nitrogen and oxygen atoms in total. The molecule has 0 atom stereocenters. The first-order valence-electron chi connectivity index (χ1n) is 10.5. The zero-order valence-corrected chi connectivity index (χ0v) is 19.8. The average Bonchev–Trinajstić information content (AvgIpc) is 3.22. The maximum atomic E-state index is 12.7. The molecule has 0 aliphatic heterocycles. The summed E-state index contributed by atoms with van der Waals surface area (Å²) in [5, 5.41) is 5.99. The van der Waals surface area contributed by atoms with Gasteiger partial charge in [-0.3, -0.25) is 9.59 Å². The number of amides is 2. The Kier molecular flexibility index (Phi) is 7.01. The molecule has 0 unspecified atom stereocenters. The van der Waals surface area contributed by atoms with Crippen LogP contribution in [0, 0.1) is 0 Å². The number of imidazole rings is 1. The molecule has 2 aromatic heterocycles. The minimum Gasteiger partial charge on any atom is -0.350 e. The summed E-state index contributed by atoms with van der Waals surface area (Å²) in [6.45, 7) is 3.77. The van der Waals surface area contributed by atoms with Crippen molar-refractivity contribution < 1.29 is 9.59 Å². The fraction of sp³-hybridized carbons (Fsp3) is 0.160. The summed E-state index contributed by atoms with van der Waals surface area (Å²) < 4.78 is 2.00. The number of hydrogen-bond acceptors (Lipinski definition) is 4. The van der Waals surface area contributed by atoms with Gasteiger partial charge in [-0.05, 0) is 68.4 Å². The van der Waals surface area contributed by atoms with E-state index in [4.69, 9.17) is 11.6 Å². The van der Waals surface area contributed by atoms with Crippen LogP contribution >= 0.6 is 23.4 Å². The van der Waals surface area contributed by atoms with Gasteiger partial charge in [0.05, 0.1) is 16.4 Å². The monoisotopic (exact) mass is 478 g/mol. The van der Waals surface area contributed by atoms with Crippen molar-refractivity contribution in [2.75, 3.05) is 5.32 Å². The van der Waals surface area contributed by atoms with Crippen molar-refractivity contribution in [3.8, 4) is 0 Å². The fourth-order valence-corrected chi connectivity index (χ4v) is 4.17. The third kappa shape index (κ3) is 5.74. The average molecular weight is 479 g/mol. The summed E-state index contributed by atoms with van der Waals surface area (Å²) in [6, 6.07) is 18.1. The number of hydrogen-bond donors (Lipinski definition) is 2. The van der Waals surface area contributed by atoms with Gasteiger partial charge in [-0.1, -0.05) is 17.7 Å². The first kappa shape index (κ1) is 22.9. The molecule has 0 fully saturated rings. The summed E-state index contributed by atoms with van der Waals surface area (Å²) in [5.41, 5.74) is 3.24. The number of thioether (sulfide) groups is 1. The molecule has 0 saturated heterocycles. The first-order chi connectivity index (χ1) is 15.9. The number of benzene rings is 2. The van der Waals surface area contributed by atoms with Crippen LogP contribution in [0.3, 0.4) is 0 Å². The number of pyridine rings is 1. The lowest BCUT2D eigenvalue weighted by Gasteiger charge is -2.12. The van der Waals surface area contributed by atoms with E-state index >= 15 is 0 Å². The van der Waals surface area contributed by atoms with Crippen molar-refractivity contribution in [3.63, 3.8) is 0 Å².